The normalized spacial score (nSPS) is 11.4. The molecular weight excluding hydrogens is 506 g/mol. The number of fused-ring (bicyclic) bond motifs is 1. The minimum absolute atomic E-state index is 0.0222. The van der Waals surface area contributed by atoms with Crippen LogP contribution >= 0.6 is 0 Å². The Kier molecular flexibility index (Phi) is 7.15. The van der Waals surface area contributed by atoms with E-state index in [2.05, 4.69) is 15.6 Å². The number of aliphatic hydroxyl groups is 1. The number of hydrogen-bond donors (Lipinski definition) is 3. The van der Waals surface area contributed by atoms with E-state index in [-0.39, 0.29) is 12.1 Å². The number of hydrogen-bond acceptors (Lipinski definition) is 6. The fraction of sp³-hybridized carbons (Fsp3) is 0.194. The van der Waals surface area contributed by atoms with Gasteiger partial charge in [-0.05, 0) is 75.4 Å². The average Bonchev–Trinajstić information content (AvgIpc) is 3.17. The summed E-state index contributed by atoms with van der Waals surface area (Å²) in [6.07, 6.45) is 1.73. The molecular formula is C31H31N5O4. The molecule has 0 spiro atoms. The summed E-state index contributed by atoms with van der Waals surface area (Å²) in [5.41, 5.74) is 2.59. The maximum atomic E-state index is 13.5. The maximum absolute atomic E-state index is 13.5. The fourth-order valence-corrected chi connectivity index (χ4v) is 4.64. The van der Waals surface area contributed by atoms with E-state index in [0.29, 0.717) is 17.1 Å². The van der Waals surface area contributed by atoms with Gasteiger partial charge >= 0.3 is 0 Å². The van der Waals surface area contributed by atoms with Crippen molar-refractivity contribution in [1.82, 2.24) is 14.3 Å². The maximum Gasteiger partial charge on any atom is 0.284 e. The van der Waals surface area contributed by atoms with E-state index < -0.39 is 17.1 Å². The van der Waals surface area contributed by atoms with Gasteiger partial charge in [-0.25, -0.2) is 4.68 Å². The Balaban J connectivity index is 1.40. The SMILES string of the molecule is COc1ccc2c(Nc3ccc(NC(=O)c4c(C)n(CC(C)(C)O)n(-c5ccccc5)c4=O)cc3)ccnc2c1. The smallest absolute Gasteiger partial charge is 0.284 e. The standard InChI is InChI=1S/C31H31N5O4/c1-20-28(30(38)36(23-8-6-5-7-9-23)35(20)19-31(2,3)39)29(37)34-22-12-10-21(11-13-22)33-26-16-17-32-27-18-24(40-4)14-15-25(26)27/h5-18,39H,19H2,1-4H3,(H,32,33)(H,34,37). The lowest BCUT2D eigenvalue weighted by Crippen LogP contribution is -2.32. The second-order valence-corrected chi connectivity index (χ2v) is 10.2. The number of carbonyl (C=O) groups is 1. The lowest BCUT2D eigenvalue weighted by molar-refractivity contribution is 0.0546. The van der Waals surface area contributed by atoms with Gasteiger partial charge in [-0.2, -0.15) is 0 Å². The van der Waals surface area contributed by atoms with Crippen molar-refractivity contribution in [3.63, 3.8) is 0 Å². The zero-order chi connectivity index (χ0) is 28.4. The van der Waals surface area contributed by atoms with Crippen LogP contribution in [0.3, 0.4) is 0 Å². The fourth-order valence-electron chi connectivity index (χ4n) is 4.64. The second-order valence-electron chi connectivity index (χ2n) is 10.2. The molecule has 3 aromatic carbocycles. The molecule has 204 valence electrons. The molecule has 2 heterocycles. The molecule has 5 rings (SSSR count). The molecule has 0 aliphatic rings. The lowest BCUT2D eigenvalue weighted by atomic mass is 10.1. The van der Waals surface area contributed by atoms with Crippen molar-refractivity contribution >= 4 is 33.9 Å². The average molecular weight is 538 g/mol. The first-order valence-corrected chi connectivity index (χ1v) is 12.9. The number of methoxy groups -OCH3 is 1. The van der Waals surface area contributed by atoms with Crippen LogP contribution in [-0.4, -0.2) is 38.1 Å². The number of benzene rings is 3. The molecule has 0 unspecified atom stereocenters. The van der Waals surface area contributed by atoms with Crippen molar-refractivity contribution in [3.8, 4) is 11.4 Å². The molecule has 0 saturated carbocycles. The number of carbonyl (C=O) groups excluding carboxylic acids is 1. The molecule has 1 amide bonds. The zero-order valence-electron chi connectivity index (χ0n) is 22.8. The predicted molar refractivity (Wildman–Crippen MR) is 157 cm³/mol. The van der Waals surface area contributed by atoms with Crippen LogP contribution in [0.15, 0.2) is 89.9 Å². The molecule has 5 aromatic rings. The third-order valence-corrected chi connectivity index (χ3v) is 6.53. The van der Waals surface area contributed by atoms with Gasteiger partial charge in [0.1, 0.15) is 11.3 Å². The summed E-state index contributed by atoms with van der Waals surface area (Å²) in [5.74, 6) is 0.217. The van der Waals surface area contributed by atoms with Crippen LogP contribution in [0.25, 0.3) is 16.6 Å². The third kappa shape index (κ3) is 5.45. The van der Waals surface area contributed by atoms with Crippen LogP contribution in [0, 0.1) is 6.92 Å². The van der Waals surface area contributed by atoms with Crippen LogP contribution in [0.5, 0.6) is 5.75 Å². The highest BCUT2D eigenvalue weighted by Crippen LogP contribution is 2.28. The van der Waals surface area contributed by atoms with Gasteiger partial charge < -0.3 is 20.5 Å². The minimum Gasteiger partial charge on any atom is -0.497 e. The highest BCUT2D eigenvalue weighted by atomic mass is 16.5. The van der Waals surface area contributed by atoms with E-state index >= 15 is 0 Å². The molecule has 9 heteroatoms. The summed E-state index contributed by atoms with van der Waals surface area (Å²) in [4.78, 5) is 31.3. The third-order valence-electron chi connectivity index (χ3n) is 6.53. The largest absolute Gasteiger partial charge is 0.497 e. The minimum atomic E-state index is -1.10. The topological polar surface area (TPSA) is 110 Å². The van der Waals surface area contributed by atoms with Crippen LogP contribution in [-0.2, 0) is 6.54 Å². The molecule has 0 aliphatic carbocycles. The van der Waals surface area contributed by atoms with Crippen molar-refractivity contribution in [1.29, 1.82) is 0 Å². The number of anilines is 3. The Labute approximate surface area is 231 Å². The Morgan fingerprint density at radius 1 is 1.00 bits per heavy atom. The highest BCUT2D eigenvalue weighted by molar-refractivity contribution is 6.05. The number of rotatable bonds is 8. The van der Waals surface area contributed by atoms with E-state index in [1.54, 1.807) is 63.0 Å². The van der Waals surface area contributed by atoms with Crippen LogP contribution in [0.4, 0.5) is 17.1 Å². The number of nitrogens with one attached hydrogen (secondary N) is 2. The van der Waals surface area contributed by atoms with Gasteiger partial charge in [0, 0.05) is 34.7 Å². The lowest BCUT2D eigenvalue weighted by Gasteiger charge is -2.22. The number of aromatic nitrogens is 3. The van der Waals surface area contributed by atoms with Gasteiger partial charge in [0.15, 0.2) is 0 Å². The number of nitrogens with zero attached hydrogens (tertiary/aromatic N) is 3. The van der Waals surface area contributed by atoms with Gasteiger partial charge in [0.25, 0.3) is 11.5 Å². The van der Waals surface area contributed by atoms with Crippen molar-refractivity contribution in [2.75, 3.05) is 17.7 Å². The van der Waals surface area contributed by atoms with E-state index in [0.717, 1.165) is 28.0 Å². The van der Waals surface area contributed by atoms with E-state index in [1.165, 1.54) is 4.68 Å². The molecule has 0 saturated heterocycles. The molecule has 0 aliphatic heterocycles. The summed E-state index contributed by atoms with van der Waals surface area (Å²) in [6.45, 7) is 5.16. The summed E-state index contributed by atoms with van der Waals surface area (Å²) < 4.78 is 8.38. The summed E-state index contributed by atoms with van der Waals surface area (Å²) >= 11 is 0. The van der Waals surface area contributed by atoms with Crippen molar-refractivity contribution in [2.45, 2.75) is 32.9 Å². The monoisotopic (exact) mass is 537 g/mol. The van der Waals surface area contributed by atoms with E-state index in [9.17, 15) is 14.7 Å². The Hall–Kier alpha value is -4.89. The molecule has 3 N–H and O–H groups in total. The summed E-state index contributed by atoms with van der Waals surface area (Å²) in [6, 6.07) is 23.9. The Bertz CT molecular complexity index is 1730. The van der Waals surface area contributed by atoms with Crippen molar-refractivity contribution in [3.05, 3.63) is 107 Å². The summed E-state index contributed by atoms with van der Waals surface area (Å²) in [7, 11) is 1.62. The predicted octanol–water partition coefficient (Wildman–Crippen LogP) is 5.27. The van der Waals surface area contributed by atoms with Crippen LogP contribution in [0.2, 0.25) is 0 Å². The van der Waals surface area contributed by atoms with Gasteiger partial charge in [0.05, 0.1) is 36.2 Å². The van der Waals surface area contributed by atoms with Crippen LogP contribution in [0.1, 0.15) is 29.9 Å². The molecule has 40 heavy (non-hydrogen) atoms. The quantitative estimate of drug-likeness (QED) is 0.249. The van der Waals surface area contributed by atoms with Crippen LogP contribution < -0.4 is 20.9 Å². The molecule has 0 fully saturated rings. The van der Waals surface area contributed by atoms with Crippen molar-refractivity contribution < 1.29 is 14.6 Å². The van der Waals surface area contributed by atoms with Gasteiger partial charge in [-0.3, -0.25) is 19.3 Å². The Morgan fingerprint density at radius 2 is 1.70 bits per heavy atom. The molecule has 0 bridgehead atoms. The first-order chi connectivity index (χ1) is 19.1. The number of pyridine rings is 1. The first kappa shape index (κ1) is 26.7. The summed E-state index contributed by atoms with van der Waals surface area (Å²) in [5, 5.41) is 17.7. The highest BCUT2D eigenvalue weighted by Gasteiger charge is 2.26. The number of amides is 1. The number of ether oxygens (including phenoxy) is 1. The number of para-hydroxylation sites is 1. The van der Waals surface area contributed by atoms with Crippen molar-refractivity contribution in [2.24, 2.45) is 0 Å². The zero-order valence-corrected chi connectivity index (χ0v) is 22.8. The van der Waals surface area contributed by atoms with Gasteiger partial charge in [-0.1, -0.05) is 18.2 Å². The first-order valence-electron chi connectivity index (χ1n) is 12.9. The molecule has 0 radical (unpaired) electrons. The molecule has 2 aromatic heterocycles. The Morgan fingerprint density at radius 3 is 2.38 bits per heavy atom. The molecule has 0 atom stereocenters. The second kappa shape index (κ2) is 10.7. The van der Waals surface area contributed by atoms with E-state index in [4.69, 9.17) is 4.74 Å². The van der Waals surface area contributed by atoms with E-state index in [1.807, 2.05) is 54.6 Å². The van der Waals surface area contributed by atoms with Gasteiger partial charge in [-0.15, -0.1) is 0 Å². The van der Waals surface area contributed by atoms with Gasteiger partial charge in [0.2, 0.25) is 0 Å². The molecule has 9 nitrogen and oxygen atoms in total.